The molecule has 2 aromatic rings. The molecule has 2 aliphatic heterocycles. The minimum atomic E-state index is 0.713. The van der Waals surface area contributed by atoms with Gasteiger partial charge in [-0.25, -0.2) is 9.97 Å². The molecule has 0 spiro atoms. The van der Waals surface area contributed by atoms with Gasteiger partial charge in [0.1, 0.15) is 12.1 Å². The summed E-state index contributed by atoms with van der Waals surface area (Å²) in [5.74, 6) is 3.66. The van der Waals surface area contributed by atoms with E-state index in [0.29, 0.717) is 6.04 Å². The Labute approximate surface area is 123 Å². The molecule has 0 bridgehead atoms. The molecular formula is C15H18N4S. The average molecular weight is 286 g/mol. The molecule has 2 aliphatic rings. The van der Waals surface area contributed by atoms with Crippen LogP contribution in [0.2, 0.25) is 0 Å². The molecule has 20 heavy (non-hydrogen) atoms. The second-order valence-electron chi connectivity index (χ2n) is 5.42. The van der Waals surface area contributed by atoms with Gasteiger partial charge in [0.2, 0.25) is 0 Å². The van der Waals surface area contributed by atoms with Gasteiger partial charge in [0.25, 0.3) is 0 Å². The summed E-state index contributed by atoms with van der Waals surface area (Å²) in [5, 5.41) is 1.17. The van der Waals surface area contributed by atoms with Crippen molar-refractivity contribution < 1.29 is 0 Å². The summed E-state index contributed by atoms with van der Waals surface area (Å²) in [7, 11) is 0. The SMILES string of the molecule is c1ccc2c(N3CC(N4CCSCC4)C3)ncnc2c1. The van der Waals surface area contributed by atoms with E-state index in [1.165, 1.54) is 30.0 Å². The van der Waals surface area contributed by atoms with E-state index in [4.69, 9.17) is 0 Å². The molecule has 104 valence electrons. The molecule has 0 saturated carbocycles. The predicted octanol–water partition coefficient (Wildman–Crippen LogP) is 1.87. The third-order valence-corrected chi connectivity index (χ3v) is 5.19. The van der Waals surface area contributed by atoms with Gasteiger partial charge in [-0.15, -0.1) is 0 Å². The molecule has 2 saturated heterocycles. The standard InChI is InChI=1S/C15H18N4S/c1-2-4-14-13(3-1)15(17-11-16-14)19-9-12(10-19)18-5-7-20-8-6-18/h1-4,11-12H,5-10H2. The number of benzene rings is 1. The maximum absolute atomic E-state index is 4.50. The molecular weight excluding hydrogens is 268 g/mol. The zero-order chi connectivity index (χ0) is 13.4. The number of hydrogen-bond acceptors (Lipinski definition) is 5. The normalized spacial score (nSPS) is 21.1. The summed E-state index contributed by atoms with van der Waals surface area (Å²) >= 11 is 2.07. The Hall–Kier alpha value is -1.33. The monoisotopic (exact) mass is 286 g/mol. The largest absolute Gasteiger partial charge is 0.353 e. The lowest BCUT2D eigenvalue weighted by atomic mass is 10.1. The highest BCUT2D eigenvalue weighted by Crippen LogP contribution is 2.28. The van der Waals surface area contributed by atoms with E-state index in [-0.39, 0.29) is 0 Å². The van der Waals surface area contributed by atoms with Crippen LogP contribution in [0.25, 0.3) is 10.9 Å². The number of rotatable bonds is 2. The first-order chi connectivity index (χ1) is 9.92. The van der Waals surface area contributed by atoms with E-state index in [1.807, 2.05) is 6.07 Å². The highest BCUT2D eigenvalue weighted by Gasteiger charge is 2.33. The number of fused-ring (bicyclic) bond motifs is 1. The van der Waals surface area contributed by atoms with Gasteiger partial charge >= 0.3 is 0 Å². The van der Waals surface area contributed by atoms with E-state index in [0.717, 1.165) is 24.4 Å². The molecule has 0 radical (unpaired) electrons. The zero-order valence-corrected chi connectivity index (χ0v) is 12.2. The first-order valence-corrected chi connectivity index (χ1v) is 8.34. The lowest BCUT2D eigenvalue weighted by molar-refractivity contribution is 0.182. The number of nitrogens with zero attached hydrogens (tertiary/aromatic N) is 4. The smallest absolute Gasteiger partial charge is 0.139 e. The first-order valence-electron chi connectivity index (χ1n) is 7.18. The van der Waals surface area contributed by atoms with Crippen molar-refractivity contribution >= 4 is 28.5 Å². The van der Waals surface area contributed by atoms with Crippen LogP contribution < -0.4 is 4.90 Å². The van der Waals surface area contributed by atoms with Gasteiger partial charge in [-0.2, -0.15) is 11.8 Å². The maximum Gasteiger partial charge on any atom is 0.139 e. The topological polar surface area (TPSA) is 32.3 Å². The molecule has 1 aromatic carbocycles. The number of thioether (sulfide) groups is 1. The second kappa shape index (κ2) is 5.22. The Kier molecular flexibility index (Phi) is 3.24. The van der Waals surface area contributed by atoms with Crippen LogP contribution in [0.1, 0.15) is 0 Å². The van der Waals surface area contributed by atoms with Crippen molar-refractivity contribution in [2.24, 2.45) is 0 Å². The average Bonchev–Trinajstić information content (AvgIpc) is 2.47. The van der Waals surface area contributed by atoms with Crippen molar-refractivity contribution in [3.8, 4) is 0 Å². The number of para-hydroxylation sites is 1. The Morgan fingerprint density at radius 1 is 1.05 bits per heavy atom. The molecule has 4 rings (SSSR count). The van der Waals surface area contributed by atoms with Gasteiger partial charge < -0.3 is 4.90 Å². The summed E-state index contributed by atoms with van der Waals surface area (Å²) in [4.78, 5) is 13.9. The summed E-state index contributed by atoms with van der Waals surface area (Å²) in [6.45, 7) is 4.69. The quantitative estimate of drug-likeness (QED) is 0.841. The first kappa shape index (κ1) is 12.4. The van der Waals surface area contributed by atoms with Gasteiger partial charge in [0.15, 0.2) is 0 Å². The molecule has 4 nitrogen and oxygen atoms in total. The van der Waals surface area contributed by atoms with Crippen molar-refractivity contribution in [2.75, 3.05) is 42.6 Å². The fourth-order valence-corrected chi connectivity index (χ4v) is 3.98. The molecule has 0 atom stereocenters. The van der Waals surface area contributed by atoms with Crippen LogP contribution in [0.4, 0.5) is 5.82 Å². The molecule has 0 unspecified atom stereocenters. The van der Waals surface area contributed by atoms with Gasteiger partial charge in [-0.3, -0.25) is 4.90 Å². The Bertz CT molecular complexity index is 600. The van der Waals surface area contributed by atoms with E-state index < -0.39 is 0 Å². The molecule has 1 aromatic heterocycles. The van der Waals surface area contributed by atoms with Crippen LogP contribution in [0, 0.1) is 0 Å². The Balaban J connectivity index is 1.51. The van der Waals surface area contributed by atoms with Crippen LogP contribution >= 0.6 is 11.8 Å². The molecule has 0 N–H and O–H groups in total. The van der Waals surface area contributed by atoms with Crippen molar-refractivity contribution in [1.82, 2.24) is 14.9 Å². The maximum atomic E-state index is 4.50. The third-order valence-electron chi connectivity index (χ3n) is 4.25. The molecule has 5 heteroatoms. The van der Waals surface area contributed by atoms with Crippen molar-refractivity contribution in [1.29, 1.82) is 0 Å². The van der Waals surface area contributed by atoms with E-state index in [1.54, 1.807) is 6.33 Å². The van der Waals surface area contributed by atoms with Crippen LogP contribution in [-0.2, 0) is 0 Å². The van der Waals surface area contributed by atoms with E-state index in [2.05, 4.69) is 49.7 Å². The zero-order valence-electron chi connectivity index (χ0n) is 11.4. The van der Waals surface area contributed by atoms with Gasteiger partial charge in [-0.1, -0.05) is 12.1 Å². The van der Waals surface area contributed by atoms with Crippen LogP contribution in [0.5, 0.6) is 0 Å². The minimum absolute atomic E-state index is 0.713. The van der Waals surface area contributed by atoms with Crippen molar-refractivity contribution in [3.63, 3.8) is 0 Å². The van der Waals surface area contributed by atoms with Crippen molar-refractivity contribution in [3.05, 3.63) is 30.6 Å². The van der Waals surface area contributed by atoms with Gasteiger partial charge in [0.05, 0.1) is 5.52 Å². The summed E-state index contributed by atoms with van der Waals surface area (Å²) in [6.07, 6.45) is 1.68. The van der Waals surface area contributed by atoms with E-state index in [9.17, 15) is 0 Å². The Morgan fingerprint density at radius 2 is 1.85 bits per heavy atom. The van der Waals surface area contributed by atoms with Crippen LogP contribution in [0.15, 0.2) is 30.6 Å². The molecule has 0 aliphatic carbocycles. The van der Waals surface area contributed by atoms with Gasteiger partial charge in [-0.05, 0) is 12.1 Å². The lowest BCUT2D eigenvalue weighted by Crippen LogP contribution is -2.61. The van der Waals surface area contributed by atoms with Gasteiger partial charge in [0, 0.05) is 49.1 Å². The highest BCUT2D eigenvalue weighted by atomic mass is 32.2. The summed E-state index contributed by atoms with van der Waals surface area (Å²) < 4.78 is 0. The number of anilines is 1. The summed E-state index contributed by atoms with van der Waals surface area (Å²) in [5.41, 5.74) is 1.04. The number of hydrogen-bond donors (Lipinski definition) is 0. The lowest BCUT2D eigenvalue weighted by Gasteiger charge is -2.47. The highest BCUT2D eigenvalue weighted by molar-refractivity contribution is 7.99. The van der Waals surface area contributed by atoms with E-state index >= 15 is 0 Å². The molecule has 2 fully saturated rings. The Morgan fingerprint density at radius 3 is 2.70 bits per heavy atom. The summed E-state index contributed by atoms with van der Waals surface area (Å²) in [6, 6.07) is 8.98. The second-order valence-corrected chi connectivity index (χ2v) is 6.65. The fourth-order valence-electron chi connectivity index (χ4n) is 3.04. The molecule has 3 heterocycles. The van der Waals surface area contributed by atoms with Crippen LogP contribution in [-0.4, -0.2) is 58.6 Å². The molecule has 0 amide bonds. The fraction of sp³-hybridized carbons (Fsp3) is 0.467. The third kappa shape index (κ3) is 2.15. The number of aromatic nitrogens is 2. The minimum Gasteiger partial charge on any atom is -0.353 e. The predicted molar refractivity (Wildman–Crippen MR) is 84.4 cm³/mol. The van der Waals surface area contributed by atoms with Crippen LogP contribution in [0.3, 0.4) is 0 Å². The van der Waals surface area contributed by atoms with Crippen molar-refractivity contribution in [2.45, 2.75) is 6.04 Å².